The molecule has 2 heterocycles. The van der Waals surface area contributed by atoms with Crippen LogP contribution in [0, 0.1) is 0 Å². The van der Waals surface area contributed by atoms with E-state index in [1.807, 2.05) is 0 Å². The fourth-order valence-electron chi connectivity index (χ4n) is 2.32. The number of sulfonamides is 1. The molecule has 0 aliphatic heterocycles. The lowest BCUT2D eigenvalue weighted by atomic mass is 10.2. The van der Waals surface area contributed by atoms with Crippen LogP contribution in [0.2, 0.25) is 0 Å². The van der Waals surface area contributed by atoms with Gasteiger partial charge >= 0.3 is 5.97 Å². The molecule has 2 N–H and O–H groups in total. The maximum Gasteiger partial charge on any atom is 0.338 e. The van der Waals surface area contributed by atoms with E-state index in [0.717, 1.165) is 0 Å². The molecule has 0 aliphatic carbocycles. The Bertz CT molecular complexity index is 1060. The van der Waals surface area contributed by atoms with Gasteiger partial charge in [-0.1, -0.05) is 6.07 Å². The summed E-state index contributed by atoms with van der Waals surface area (Å²) in [5.74, 6) is -0.325. The molecule has 29 heavy (non-hydrogen) atoms. The van der Waals surface area contributed by atoms with Crippen LogP contribution in [0.15, 0.2) is 74.8 Å². The molecular formula is C19H18N2O7S. The van der Waals surface area contributed by atoms with E-state index in [4.69, 9.17) is 13.6 Å². The van der Waals surface area contributed by atoms with E-state index in [-0.39, 0.29) is 23.5 Å². The van der Waals surface area contributed by atoms with Crippen molar-refractivity contribution < 1.29 is 31.6 Å². The Balaban J connectivity index is 1.55. The number of hydrogen-bond donors (Lipinski definition) is 2. The standard InChI is InChI=1S/C19H18N2O7S/c22-18(20-11-15-5-2-8-26-15)13-28-19(23)14-4-1-7-17(10-14)29(24,25)21-12-16-6-3-9-27-16/h1-10,21H,11-13H2,(H,20,22). The van der Waals surface area contributed by atoms with Crippen LogP contribution in [-0.2, 0) is 32.6 Å². The monoisotopic (exact) mass is 418 g/mol. The zero-order chi connectivity index (χ0) is 20.7. The van der Waals surface area contributed by atoms with Gasteiger partial charge in [0.1, 0.15) is 11.5 Å². The molecule has 0 aliphatic rings. The summed E-state index contributed by atoms with van der Waals surface area (Å²) in [5, 5.41) is 2.53. The largest absolute Gasteiger partial charge is 0.468 e. The average Bonchev–Trinajstić information content (AvgIpc) is 3.43. The fourth-order valence-corrected chi connectivity index (χ4v) is 3.36. The summed E-state index contributed by atoms with van der Waals surface area (Å²) in [7, 11) is -3.86. The van der Waals surface area contributed by atoms with Crippen LogP contribution in [-0.4, -0.2) is 26.9 Å². The van der Waals surface area contributed by atoms with Crippen molar-refractivity contribution in [2.75, 3.05) is 6.61 Å². The van der Waals surface area contributed by atoms with Crippen molar-refractivity contribution in [1.29, 1.82) is 0 Å². The fraction of sp³-hybridized carbons (Fsp3) is 0.158. The first kappa shape index (κ1) is 20.4. The van der Waals surface area contributed by atoms with Gasteiger partial charge in [0.25, 0.3) is 5.91 Å². The summed E-state index contributed by atoms with van der Waals surface area (Å²) in [5.41, 5.74) is 0.00436. The predicted octanol–water partition coefficient (Wildman–Crippen LogP) is 1.82. The van der Waals surface area contributed by atoms with Crippen molar-refractivity contribution in [2.45, 2.75) is 18.0 Å². The highest BCUT2D eigenvalue weighted by Crippen LogP contribution is 2.13. The van der Waals surface area contributed by atoms with Crippen LogP contribution in [0.3, 0.4) is 0 Å². The first-order valence-corrected chi connectivity index (χ1v) is 10.0. The second kappa shape index (κ2) is 9.22. The third-order valence-electron chi connectivity index (χ3n) is 3.77. The van der Waals surface area contributed by atoms with E-state index in [2.05, 4.69) is 10.0 Å². The van der Waals surface area contributed by atoms with Crippen molar-refractivity contribution in [3.63, 3.8) is 0 Å². The molecule has 0 saturated carbocycles. The number of furan rings is 2. The number of rotatable bonds is 9. The van der Waals surface area contributed by atoms with Gasteiger partial charge in [-0.25, -0.2) is 17.9 Å². The first-order chi connectivity index (χ1) is 13.9. The Hall–Kier alpha value is -3.37. The normalized spacial score (nSPS) is 11.2. The van der Waals surface area contributed by atoms with Gasteiger partial charge in [0.15, 0.2) is 6.61 Å². The lowest BCUT2D eigenvalue weighted by molar-refractivity contribution is -0.124. The Kier molecular flexibility index (Phi) is 6.47. The molecule has 0 fully saturated rings. The second-order valence-electron chi connectivity index (χ2n) is 5.86. The number of carbonyl (C=O) groups excluding carboxylic acids is 2. The van der Waals surface area contributed by atoms with Gasteiger partial charge in [0.05, 0.1) is 36.1 Å². The van der Waals surface area contributed by atoms with E-state index in [9.17, 15) is 18.0 Å². The Labute approximate surface area is 166 Å². The molecule has 2 aromatic heterocycles. The third-order valence-corrected chi connectivity index (χ3v) is 5.17. The molecular weight excluding hydrogens is 400 g/mol. The zero-order valence-electron chi connectivity index (χ0n) is 15.2. The topological polar surface area (TPSA) is 128 Å². The molecule has 10 heteroatoms. The summed E-state index contributed by atoms with van der Waals surface area (Å²) in [6.07, 6.45) is 2.91. The van der Waals surface area contributed by atoms with Crippen LogP contribution in [0.25, 0.3) is 0 Å². The molecule has 3 aromatic rings. The minimum atomic E-state index is -3.86. The Morgan fingerprint density at radius 3 is 2.28 bits per heavy atom. The highest BCUT2D eigenvalue weighted by Gasteiger charge is 2.18. The molecule has 1 amide bonds. The van der Waals surface area contributed by atoms with E-state index in [1.54, 1.807) is 24.3 Å². The molecule has 1 aromatic carbocycles. The van der Waals surface area contributed by atoms with Crippen LogP contribution in [0.1, 0.15) is 21.9 Å². The summed E-state index contributed by atoms with van der Waals surface area (Å²) >= 11 is 0. The zero-order valence-corrected chi connectivity index (χ0v) is 16.0. The minimum Gasteiger partial charge on any atom is -0.468 e. The smallest absolute Gasteiger partial charge is 0.338 e. The molecule has 0 bridgehead atoms. The van der Waals surface area contributed by atoms with Crippen LogP contribution in [0.4, 0.5) is 0 Å². The number of amides is 1. The van der Waals surface area contributed by atoms with E-state index in [0.29, 0.717) is 11.5 Å². The van der Waals surface area contributed by atoms with E-state index >= 15 is 0 Å². The van der Waals surface area contributed by atoms with Crippen molar-refractivity contribution in [2.24, 2.45) is 0 Å². The number of carbonyl (C=O) groups is 2. The van der Waals surface area contributed by atoms with Gasteiger partial charge in [-0.15, -0.1) is 0 Å². The van der Waals surface area contributed by atoms with Gasteiger partial charge < -0.3 is 18.9 Å². The predicted molar refractivity (Wildman–Crippen MR) is 100 cm³/mol. The maximum absolute atomic E-state index is 12.4. The van der Waals surface area contributed by atoms with Gasteiger partial charge in [-0.05, 0) is 42.5 Å². The van der Waals surface area contributed by atoms with Crippen LogP contribution in [0.5, 0.6) is 0 Å². The summed E-state index contributed by atoms with van der Waals surface area (Å²) < 4.78 is 42.2. The van der Waals surface area contributed by atoms with Crippen molar-refractivity contribution in [3.8, 4) is 0 Å². The number of ether oxygens (including phenoxy) is 1. The second-order valence-corrected chi connectivity index (χ2v) is 7.63. The summed E-state index contributed by atoms with van der Waals surface area (Å²) in [6.45, 7) is -0.369. The molecule has 0 atom stereocenters. The number of nitrogens with one attached hydrogen (secondary N) is 2. The van der Waals surface area contributed by atoms with E-state index in [1.165, 1.54) is 36.8 Å². The highest BCUT2D eigenvalue weighted by atomic mass is 32.2. The molecule has 152 valence electrons. The maximum atomic E-state index is 12.4. The molecule has 9 nitrogen and oxygen atoms in total. The average molecular weight is 418 g/mol. The molecule has 0 unspecified atom stereocenters. The Morgan fingerprint density at radius 1 is 0.931 bits per heavy atom. The van der Waals surface area contributed by atoms with Gasteiger partial charge in [0, 0.05) is 0 Å². The van der Waals surface area contributed by atoms with Crippen LogP contribution < -0.4 is 10.0 Å². The SMILES string of the molecule is O=C(COC(=O)c1cccc(S(=O)(=O)NCc2ccco2)c1)NCc1ccco1. The van der Waals surface area contributed by atoms with Crippen LogP contribution >= 0.6 is 0 Å². The number of esters is 1. The Morgan fingerprint density at radius 2 is 1.62 bits per heavy atom. The summed E-state index contributed by atoms with van der Waals surface area (Å²) in [4.78, 5) is 23.8. The first-order valence-electron chi connectivity index (χ1n) is 8.52. The third kappa shape index (κ3) is 5.80. The number of benzene rings is 1. The highest BCUT2D eigenvalue weighted by molar-refractivity contribution is 7.89. The van der Waals surface area contributed by atoms with Gasteiger partial charge in [-0.2, -0.15) is 0 Å². The van der Waals surface area contributed by atoms with Gasteiger partial charge in [0.2, 0.25) is 10.0 Å². The molecule has 0 spiro atoms. The lowest BCUT2D eigenvalue weighted by Gasteiger charge is -2.08. The lowest BCUT2D eigenvalue weighted by Crippen LogP contribution is -2.28. The quantitative estimate of drug-likeness (QED) is 0.507. The molecule has 3 rings (SSSR count). The number of hydrogen-bond acceptors (Lipinski definition) is 7. The van der Waals surface area contributed by atoms with E-state index < -0.39 is 28.5 Å². The minimum absolute atomic E-state index is 0.00436. The molecule has 0 saturated heterocycles. The van der Waals surface area contributed by atoms with Gasteiger partial charge in [-0.3, -0.25) is 4.79 Å². The van der Waals surface area contributed by atoms with Crippen molar-refractivity contribution >= 4 is 21.9 Å². The summed E-state index contributed by atoms with van der Waals surface area (Å²) in [6, 6.07) is 12.0. The van der Waals surface area contributed by atoms with Crippen molar-refractivity contribution in [1.82, 2.24) is 10.0 Å². The van der Waals surface area contributed by atoms with Crippen molar-refractivity contribution in [3.05, 3.63) is 78.1 Å². The molecule has 0 radical (unpaired) electrons.